The number of nitrogens with zero attached hydrogens (tertiary/aromatic N) is 5. The molecular weight excluding hydrogens is 298 g/mol. The molecule has 0 radical (unpaired) electrons. The fourth-order valence-electron chi connectivity index (χ4n) is 2.33. The van der Waals surface area contributed by atoms with Gasteiger partial charge in [0.1, 0.15) is 17.8 Å². The molecule has 3 atom stereocenters. The summed E-state index contributed by atoms with van der Waals surface area (Å²) in [5, 5.41) is 19.3. The lowest BCUT2D eigenvalue weighted by Gasteiger charge is -2.15. The van der Waals surface area contributed by atoms with Crippen molar-refractivity contribution in [2.75, 3.05) is 25.6 Å². The molecule has 2 N–H and O–H groups in total. The first-order valence-corrected chi connectivity index (χ1v) is 6.91. The van der Waals surface area contributed by atoms with Gasteiger partial charge in [0.05, 0.1) is 19.0 Å². The molecular formula is C12H16ClN5O3. The zero-order valence-electron chi connectivity index (χ0n) is 11.6. The van der Waals surface area contributed by atoms with Crippen LogP contribution in [0.25, 0.3) is 11.2 Å². The molecule has 0 bridgehead atoms. The van der Waals surface area contributed by atoms with Crippen molar-refractivity contribution < 1.29 is 14.9 Å². The number of anilines is 1. The maximum atomic E-state index is 9.84. The minimum absolute atomic E-state index is 0.233. The SMILES string of the molecule is CN(C)c1nc(Cl)c2ncn([C@H]3C[C@@H](O)[C@H](CO)O3)c2n1. The van der Waals surface area contributed by atoms with E-state index in [0.717, 1.165) is 0 Å². The molecule has 1 saturated heterocycles. The minimum atomic E-state index is -0.719. The second-order valence-electron chi connectivity index (χ2n) is 5.15. The summed E-state index contributed by atoms with van der Waals surface area (Å²) in [5.41, 5.74) is 1.02. The number of hydrogen-bond acceptors (Lipinski definition) is 7. The Bertz CT molecular complexity index is 662. The average Bonchev–Trinajstić information content (AvgIpc) is 3.01. The minimum Gasteiger partial charge on any atom is -0.394 e. The van der Waals surface area contributed by atoms with Gasteiger partial charge in [0.25, 0.3) is 0 Å². The molecule has 2 aromatic heterocycles. The third-order valence-electron chi connectivity index (χ3n) is 3.46. The molecule has 2 aromatic rings. The molecule has 1 fully saturated rings. The maximum absolute atomic E-state index is 9.84. The van der Waals surface area contributed by atoms with Gasteiger partial charge < -0.3 is 19.8 Å². The molecule has 0 saturated carbocycles. The third-order valence-corrected chi connectivity index (χ3v) is 3.72. The van der Waals surface area contributed by atoms with Gasteiger partial charge in [-0.25, -0.2) is 4.98 Å². The van der Waals surface area contributed by atoms with Crippen LogP contribution >= 0.6 is 11.6 Å². The molecule has 0 unspecified atom stereocenters. The van der Waals surface area contributed by atoms with Crippen LogP contribution in [0.4, 0.5) is 5.95 Å². The lowest BCUT2D eigenvalue weighted by Crippen LogP contribution is -2.24. The van der Waals surface area contributed by atoms with Crippen LogP contribution in [0.1, 0.15) is 12.6 Å². The topological polar surface area (TPSA) is 96.5 Å². The van der Waals surface area contributed by atoms with Gasteiger partial charge in [-0.2, -0.15) is 9.97 Å². The average molecular weight is 314 g/mol. The Morgan fingerprint density at radius 1 is 1.48 bits per heavy atom. The second kappa shape index (κ2) is 5.38. The number of aliphatic hydroxyl groups excluding tert-OH is 2. The summed E-state index contributed by atoms with van der Waals surface area (Å²) in [6, 6.07) is 0. The van der Waals surface area contributed by atoms with Gasteiger partial charge in [-0.3, -0.25) is 4.57 Å². The summed E-state index contributed by atoms with van der Waals surface area (Å²) in [6.07, 6.45) is 0.154. The summed E-state index contributed by atoms with van der Waals surface area (Å²) in [7, 11) is 3.63. The molecule has 0 spiro atoms. The number of aromatic nitrogens is 4. The van der Waals surface area contributed by atoms with E-state index in [1.165, 1.54) is 0 Å². The summed E-state index contributed by atoms with van der Waals surface area (Å²) in [4.78, 5) is 14.5. The van der Waals surface area contributed by atoms with Crippen LogP contribution in [-0.2, 0) is 4.74 Å². The quantitative estimate of drug-likeness (QED) is 0.781. The normalized spacial score (nSPS) is 25.7. The molecule has 0 aromatic carbocycles. The molecule has 3 rings (SSSR count). The van der Waals surface area contributed by atoms with E-state index in [1.54, 1.807) is 15.8 Å². The van der Waals surface area contributed by atoms with Crippen molar-refractivity contribution >= 4 is 28.7 Å². The van der Waals surface area contributed by atoms with Crippen LogP contribution in [0, 0.1) is 0 Å². The van der Waals surface area contributed by atoms with E-state index in [9.17, 15) is 5.11 Å². The van der Waals surface area contributed by atoms with Crippen LogP contribution in [-0.4, -0.2) is 62.6 Å². The number of imidazole rings is 1. The molecule has 1 aliphatic rings. The van der Waals surface area contributed by atoms with Crippen molar-refractivity contribution in [1.82, 2.24) is 19.5 Å². The number of aliphatic hydroxyl groups is 2. The number of ether oxygens (including phenoxy) is 1. The van der Waals surface area contributed by atoms with Crippen molar-refractivity contribution in [3.05, 3.63) is 11.5 Å². The lowest BCUT2D eigenvalue weighted by atomic mass is 10.2. The van der Waals surface area contributed by atoms with Gasteiger partial charge >= 0.3 is 0 Å². The standard InChI is InChI=1S/C12H16ClN5O3/c1-17(2)12-15-10(13)9-11(16-12)18(5-14-9)8-3-6(20)7(4-19)21-8/h5-8,19-20H,3-4H2,1-2H3/t6-,7+,8-/m1/s1. The Balaban J connectivity index is 2.04. The maximum Gasteiger partial charge on any atom is 0.228 e. The van der Waals surface area contributed by atoms with E-state index >= 15 is 0 Å². The van der Waals surface area contributed by atoms with E-state index < -0.39 is 18.4 Å². The summed E-state index contributed by atoms with van der Waals surface area (Å²) < 4.78 is 7.32. The Morgan fingerprint density at radius 3 is 2.86 bits per heavy atom. The van der Waals surface area contributed by atoms with Gasteiger partial charge in [-0.05, 0) is 0 Å². The Labute approximate surface area is 126 Å². The molecule has 21 heavy (non-hydrogen) atoms. The first kappa shape index (κ1) is 14.5. The Kier molecular flexibility index (Phi) is 3.70. The molecule has 8 nitrogen and oxygen atoms in total. The Hall–Kier alpha value is -1.48. The van der Waals surface area contributed by atoms with Crippen molar-refractivity contribution in [1.29, 1.82) is 0 Å². The first-order valence-electron chi connectivity index (χ1n) is 6.53. The van der Waals surface area contributed by atoms with E-state index in [1.807, 2.05) is 14.1 Å². The van der Waals surface area contributed by atoms with E-state index in [-0.39, 0.29) is 11.8 Å². The predicted molar refractivity (Wildman–Crippen MR) is 76.3 cm³/mol. The van der Waals surface area contributed by atoms with Crippen LogP contribution in [0.2, 0.25) is 5.15 Å². The zero-order chi connectivity index (χ0) is 15.1. The molecule has 1 aliphatic heterocycles. The van der Waals surface area contributed by atoms with Crippen molar-refractivity contribution in [3.8, 4) is 0 Å². The molecule has 3 heterocycles. The van der Waals surface area contributed by atoms with Crippen LogP contribution in [0.15, 0.2) is 6.33 Å². The second-order valence-corrected chi connectivity index (χ2v) is 5.51. The van der Waals surface area contributed by atoms with E-state index in [4.69, 9.17) is 21.4 Å². The van der Waals surface area contributed by atoms with E-state index in [0.29, 0.717) is 23.5 Å². The summed E-state index contributed by atoms with van der Waals surface area (Å²) in [6.45, 7) is -0.233. The zero-order valence-corrected chi connectivity index (χ0v) is 12.4. The molecule has 114 valence electrons. The number of halogens is 1. The van der Waals surface area contributed by atoms with Crippen molar-refractivity contribution in [2.45, 2.75) is 24.9 Å². The summed E-state index contributed by atoms with van der Waals surface area (Å²) >= 11 is 6.13. The highest BCUT2D eigenvalue weighted by Crippen LogP contribution is 2.32. The van der Waals surface area contributed by atoms with Crippen molar-refractivity contribution in [3.63, 3.8) is 0 Å². The van der Waals surface area contributed by atoms with Gasteiger partial charge in [0.2, 0.25) is 5.95 Å². The van der Waals surface area contributed by atoms with Crippen LogP contribution in [0.3, 0.4) is 0 Å². The fraction of sp³-hybridized carbons (Fsp3) is 0.583. The van der Waals surface area contributed by atoms with Crippen LogP contribution in [0.5, 0.6) is 0 Å². The smallest absolute Gasteiger partial charge is 0.228 e. The molecule has 0 amide bonds. The monoisotopic (exact) mass is 313 g/mol. The molecule has 0 aliphatic carbocycles. The van der Waals surface area contributed by atoms with E-state index in [2.05, 4.69) is 15.0 Å². The Morgan fingerprint density at radius 2 is 2.24 bits per heavy atom. The number of hydrogen-bond donors (Lipinski definition) is 2. The predicted octanol–water partition coefficient (Wildman–Crippen LogP) is 0.186. The highest BCUT2D eigenvalue weighted by molar-refractivity contribution is 6.33. The van der Waals surface area contributed by atoms with Gasteiger partial charge in [-0.1, -0.05) is 11.6 Å². The van der Waals surface area contributed by atoms with Gasteiger partial charge in [0.15, 0.2) is 10.8 Å². The fourth-order valence-corrected chi connectivity index (χ4v) is 2.54. The third kappa shape index (κ3) is 2.44. The highest BCUT2D eigenvalue weighted by atomic mass is 35.5. The number of fused-ring (bicyclic) bond motifs is 1. The van der Waals surface area contributed by atoms with Crippen LogP contribution < -0.4 is 4.90 Å². The molecule has 9 heteroatoms. The largest absolute Gasteiger partial charge is 0.394 e. The lowest BCUT2D eigenvalue weighted by molar-refractivity contribution is -0.0432. The van der Waals surface area contributed by atoms with Gasteiger partial charge in [-0.15, -0.1) is 0 Å². The summed E-state index contributed by atoms with van der Waals surface area (Å²) in [5.74, 6) is 0.464. The number of rotatable bonds is 3. The van der Waals surface area contributed by atoms with Crippen molar-refractivity contribution in [2.24, 2.45) is 0 Å². The first-order chi connectivity index (χ1) is 10.0. The highest BCUT2D eigenvalue weighted by Gasteiger charge is 2.35. The van der Waals surface area contributed by atoms with Gasteiger partial charge in [0, 0.05) is 20.5 Å².